The molecule has 0 spiro atoms. The van der Waals surface area contributed by atoms with Crippen molar-refractivity contribution >= 4 is 17.6 Å². The summed E-state index contributed by atoms with van der Waals surface area (Å²) in [6, 6.07) is 0.622. The molecule has 1 unspecified atom stereocenters. The molecular formula is C13H21N3O4. The van der Waals surface area contributed by atoms with Crippen LogP contribution in [-0.4, -0.2) is 59.9 Å². The van der Waals surface area contributed by atoms with Gasteiger partial charge in [-0.1, -0.05) is 18.0 Å². The van der Waals surface area contributed by atoms with Crippen LogP contribution in [0.25, 0.3) is 0 Å². The molecule has 1 heterocycles. The molecular weight excluding hydrogens is 262 g/mol. The van der Waals surface area contributed by atoms with E-state index < -0.39 is 12.1 Å². The Labute approximate surface area is 117 Å². The van der Waals surface area contributed by atoms with E-state index in [1.54, 1.807) is 0 Å². The smallest absolute Gasteiger partial charge is 0.353 e. The monoisotopic (exact) mass is 283 g/mol. The third-order valence-corrected chi connectivity index (χ3v) is 3.92. The number of nitrogens with zero attached hydrogens (tertiary/aromatic N) is 2. The molecule has 2 aliphatic rings. The molecule has 1 aliphatic carbocycles. The molecule has 0 aromatic rings. The molecule has 0 aromatic carbocycles. The summed E-state index contributed by atoms with van der Waals surface area (Å²) in [4.78, 5) is 29.6. The first-order valence-corrected chi connectivity index (χ1v) is 7.02. The molecule has 0 bridgehead atoms. The van der Waals surface area contributed by atoms with Gasteiger partial charge in [0.05, 0.1) is 0 Å². The number of amides is 1. The second-order valence-electron chi connectivity index (χ2n) is 5.35. The highest BCUT2D eigenvalue weighted by atomic mass is 16.6. The van der Waals surface area contributed by atoms with Gasteiger partial charge < -0.3 is 20.2 Å². The maximum absolute atomic E-state index is 11.8. The molecule has 2 rings (SSSR count). The molecule has 0 saturated heterocycles. The predicted molar refractivity (Wildman–Crippen MR) is 72.5 cm³/mol. The maximum Gasteiger partial charge on any atom is 0.353 e. The third-order valence-electron chi connectivity index (χ3n) is 3.92. The summed E-state index contributed by atoms with van der Waals surface area (Å²) in [6.45, 7) is 1.32. The van der Waals surface area contributed by atoms with Gasteiger partial charge in [-0.2, -0.15) is 0 Å². The van der Waals surface area contributed by atoms with E-state index in [4.69, 9.17) is 9.94 Å². The van der Waals surface area contributed by atoms with Gasteiger partial charge in [0.2, 0.25) is 6.10 Å². The number of carbonyl (C=O) groups is 2. The molecule has 1 fully saturated rings. The third kappa shape index (κ3) is 3.69. The Balaban J connectivity index is 1.65. The molecule has 112 valence electrons. The quantitative estimate of drug-likeness (QED) is 0.727. The number of nitrogens with one attached hydrogen (secondary N) is 1. The largest absolute Gasteiger partial charge is 0.477 e. The van der Waals surface area contributed by atoms with Gasteiger partial charge in [0, 0.05) is 25.6 Å². The fourth-order valence-electron chi connectivity index (χ4n) is 2.64. The number of aliphatic carboxylic acids is 1. The second kappa shape index (κ2) is 6.69. The van der Waals surface area contributed by atoms with E-state index in [0.717, 1.165) is 6.54 Å². The van der Waals surface area contributed by atoms with Crippen LogP contribution in [0.1, 0.15) is 32.1 Å². The molecule has 0 radical (unpaired) electrons. The zero-order valence-electron chi connectivity index (χ0n) is 11.7. The fraction of sp³-hybridized carbons (Fsp3) is 0.769. The Hall–Kier alpha value is -1.63. The summed E-state index contributed by atoms with van der Waals surface area (Å²) in [5, 5.41) is 14.9. The van der Waals surface area contributed by atoms with Crippen LogP contribution in [0, 0.1) is 0 Å². The molecule has 7 nitrogen and oxygen atoms in total. The van der Waals surface area contributed by atoms with Crippen molar-refractivity contribution in [3.05, 3.63) is 0 Å². The van der Waals surface area contributed by atoms with E-state index in [0.29, 0.717) is 12.6 Å². The van der Waals surface area contributed by atoms with Crippen molar-refractivity contribution in [3.63, 3.8) is 0 Å². The Morgan fingerprint density at radius 1 is 1.45 bits per heavy atom. The summed E-state index contributed by atoms with van der Waals surface area (Å²) in [5.41, 5.74) is -0.103. The SMILES string of the molecule is CN(CCNC(=O)C1CC(C(=O)O)=NO1)C1CCCC1. The summed E-state index contributed by atoms with van der Waals surface area (Å²) in [5.74, 6) is -1.44. The summed E-state index contributed by atoms with van der Waals surface area (Å²) >= 11 is 0. The molecule has 20 heavy (non-hydrogen) atoms. The Kier molecular flexibility index (Phi) is 4.94. The van der Waals surface area contributed by atoms with Crippen molar-refractivity contribution in [1.82, 2.24) is 10.2 Å². The molecule has 1 amide bonds. The van der Waals surface area contributed by atoms with Crippen molar-refractivity contribution in [2.75, 3.05) is 20.1 Å². The summed E-state index contributed by atoms with van der Waals surface area (Å²) in [7, 11) is 2.07. The maximum atomic E-state index is 11.8. The van der Waals surface area contributed by atoms with Crippen LogP contribution in [0.5, 0.6) is 0 Å². The van der Waals surface area contributed by atoms with Crippen molar-refractivity contribution in [1.29, 1.82) is 0 Å². The van der Waals surface area contributed by atoms with E-state index in [9.17, 15) is 9.59 Å². The summed E-state index contributed by atoms with van der Waals surface area (Å²) in [6.07, 6.45) is 4.24. The van der Waals surface area contributed by atoms with Gasteiger partial charge in [-0.3, -0.25) is 4.79 Å². The van der Waals surface area contributed by atoms with Crippen LogP contribution in [0.15, 0.2) is 5.16 Å². The topological polar surface area (TPSA) is 91.2 Å². The molecule has 1 atom stereocenters. The molecule has 1 aliphatic heterocycles. The number of hydrogen-bond acceptors (Lipinski definition) is 5. The highest BCUT2D eigenvalue weighted by molar-refractivity contribution is 6.36. The Bertz CT molecular complexity index is 404. The number of carbonyl (C=O) groups excluding carboxylic acids is 1. The minimum absolute atomic E-state index is 0.0274. The van der Waals surface area contributed by atoms with Crippen LogP contribution in [0.4, 0.5) is 0 Å². The van der Waals surface area contributed by atoms with Gasteiger partial charge >= 0.3 is 5.97 Å². The number of carboxylic acid groups (broad SMARTS) is 1. The van der Waals surface area contributed by atoms with Crippen LogP contribution >= 0.6 is 0 Å². The van der Waals surface area contributed by atoms with E-state index in [-0.39, 0.29) is 18.0 Å². The van der Waals surface area contributed by atoms with Gasteiger partial charge in [-0.15, -0.1) is 0 Å². The zero-order chi connectivity index (χ0) is 14.5. The average Bonchev–Trinajstić information content (AvgIpc) is 3.09. The zero-order valence-corrected chi connectivity index (χ0v) is 11.7. The number of likely N-dealkylation sites (N-methyl/N-ethyl adjacent to an activating group) is 1. The van der Waals surface area contributed by atoms with Crippen LogP contribution < -0.4 is 5.32 Å². The van der Waals surface area contributed by atoms with Crippen molar-refractivity contribution in [3.8, 4) is 0 Å². The lowest BCUT2D eigenvalue weighted by molar-refractivity contribution is -0.131. The molecule has 0 aromatic heterocycles. The van der Waals surface area contributed by atoms with E-state index >= 15 is 0 Å². The van der Waals surface area contributed by atoms with Crippen molar-refractivity contribution < 1.29 is 19.5 Å². The van der Waals surface area contributed by atoms with E-state index in [1.807, 2.05) is 0 Å². The molecule has 1 saturated carbocycles. The van der Waals surface area contributed by atoms with Crippen LogP contribution in [-0.2, 0) is 14.4 Å². The standard InChI is InChI=1S/C13H21N3O4/c1-16(9-4-2-3-5-9)7-6-14-12(17)11-8-10(13(18)19)15-20-11/h9,11H,2-8H2,1H3,(H,14,17)(H,18,19). The van der Waals surface area contributed by atoms with Gasteiger partial charge in [-0.25, -0.2) is 4.79 Å². The van der Waals surface area contributed by atoms with Crippen LogP contribution in [0.3, 0.4) is 0 Å². The normalized spacial score (nSPS) is 22.7. The number of oxime groups is 1. The number of carboxylic acids is 1. The van der Waals surface area contributed by atoms with Gasteiger partial charge in [0.1, 0.15) is 0 Å². The van der Waals surface area contributed by atoms with Crippen LogP contribution in [0.2, 0.25) is 0 Å². The van der Waals surface area contributed by atoms with Crippen molar-refractivity contribution in [2.45, 2.75) is 44.2 Å². The molecule has 2 N–H and O–H groups in total. The fourth-order valence-corrected chi connectivity index (χ4v) is 2.64. The lowest BCUT2D eigenvalue weighted by atomic mass is 10.1. The highest BCUT2D eigenvalue weighted by Crippen LogP contribution is 2.21. The Morgan fingerprint density at radius 2 is 2.15 bits per heavy atom. The van der Waals surface area contributed by atoms with Gasteiger partial charge in [-0.05, 0) is 19.9 Å². The summed E-state index contributed by atoms with van der Waals surface area (Å²) < 4.78 is 0. The minimum atomic E-state index is -1.14. The average molecular weight is 283 g/mol. The number of rotatable bonds is 6. The first-order valence-electron chi connectivity index (χ1n) is 7.02. The second-order valence-corrected chi connectivity index (χ2v) is 5.35. The minimum Gasteiger partial charge on any atom is -0.477 e. The first-order chi connectivity index (χ1) is 9.58. The lowest BCUT2D eigenvalue weighted by Gasteiger charge is -2.24. The van der Waals surface area contributed by atoms with E-state index in [1.165, 1.54) is 25.7 Å². The van der Waals surface area contributed by atoms with Gasteiger partial charge in [0.25, 0.3) is 5.91 Å². The lowest BCUT2D eigenvalue weighted by Crippen LogP contribution is -2.41. The highest BCUT2D eigenvalue weighted by Gasteiger charge is 2.31. The first kappa shape index (κ1) is 14.8. The van der Waals surface area contributed by atoms with Gasteiger partial charge in [0.15, 0.2) is 5.71 Å². The molecule has 7 heteroatoms. The number of hydrogen-bond donors (Lipinski definition) is 2. The van der Waals surface area contributed by atoms with Crippen molar-refractivity contribution in [2.24, 2.45) is 5.16 Å². The Morgan fingerprint density at radius 3 is 2.75 bits per heavy atom. The predicted octanol–water partition coefficient (Wildman–Crippen LogP) is 0.207. The van der Waals surface area contributed by atoms with E-state index in [2.05, 4.69) is 22.4 Å².